The molecule has 0 unspecified atom stereocenters. The third kappa shape index (κ3) is 3.49. The number of nitrogens with zero attached hydrogens (tertiary/aromatic N) is 4. The van der Waals surface area contributed by atoms with Crippen LogP contribution in [0, 0.1) is 20.8 Å². The molecule has 8 nitrogen and oxygen atoms in total. The van der Waals surface area contributed by atoms with Crippen LogP contribution in [-0.4, -0.2) is 45.6 Å². The van der Waals surface area contributed by atoms with E-state index in [2.05, 4.69) is 20.4 Å². The van der Waals surface area contributed by atoms with Crippen molar-refractivity contribution in [3.05, 3.63) is 46.9 Å². The molecular formula is C19H21N5O3S. The van der Waals surface area contributed by atoms with E-state index in [1.165, 1.54) is 0 Å². The smallest absolute Gasteiger partial charge is 0.256 e. The fourth-order valence-electron chi connectivity index (χ4n) is 3.42. The third-order valence-corrected chi connectivity index (χ3v) is 6.74. The van der Waals surface area contributed by atoms with Crippen molar-refractivity contribution in [3.8, 4) is 0 Å². The molecule has 0 bridgehead atoms. The van der Waals surface area contributed by atoms with Gasteiger partial charge >= 0.3 is 0 Å². The van der Waals surface area contributed by atoms with Crippen molar-refractivity contribution >= 4 is 32.6 Å². The van der Waals surface area contributed by atoms with E-state index in [0.29, 0.717) is 23.3 Å². The number of nitrogens with one attached hydrogen (secondary N) is 1. The summed E-state index contributed by atoms with van der Waals surface area (Å²) in [4.78, 5) is 21.8. The first-order chi connectivity index (χ1) is 13.2. The summed E-state index contributed by atoms with van der Waals surface area (Å²) in [6, 6.07) is 6.67. The van der Waals surface area contributed by atoms with Gasteiger partial charge in [-0.3, -0.25) is 4.79 Å². The summed E-state index contributed by atoms with van der Waals surface area (Å²) in [5.41, 5.74) is 4.24. The Morgan fingerprint density at radius 1 is 1.11 bits per heavy atom. The Balaban J connectivity index is 1.62. The van der Waals surface area contributed by atoms with Crippen LogP contribution in [-0.2, 0) is 9.84 Å². The highest BCUT2D eigenvalue weighted by Crippen LogP contribution is 2.27. The van der Waals surface area contributed by atoms with Crippen LogP contribution in [0.4, 0.5) is 5.82 Å². The molecule has 3 aromatic rings. The van der Waals surface area contributed by atoms with E-state index >= 15 is 0 Å². The van der Waals surface area contributed by atoms with Crippen LogP contribution >= 0.6 is 0 Å². The van der Waals surface area contributed by atoms with Gasteiger partial charge in [-0.1, -0.05) is 0 Å². The van der Waals surface area contributed by atoms with Crippen molar-refractivity contribution in [3.63, 3.8) is 0 Å². The molecule has 0 saturated carbocycles. The predicted octanol–water partition coefficient (Wildman–Crippen LogP) is 2.36. The van der Waals surface area contributed by atoms with Crippen LogP contribution in [0.5, 0.6) is 0 Å². The van der Waals surface area contributed by atoms with E-state index < -0.39 is 9.84 Å². The molecule has 1 fully saturated rings. The molecule has 1 aromatic carbocycles. The largest absolute Gasteiger partial charge is 0.307 e. The zero-order valence-corrected chi connectivity index (χ0v) is 16.7. The van der Waals surface area contributed by atoms with Gasteiger partial charge in [0.15, 0.2) is 9.84 Å². The van der Waals surface area contributed by atoms with Gasteiger partial charge < -0.3 is 5.32 Å². The summed E-state index contributed by atoms with van der Waals surface area (Å²) >= 11 is 0. The van der Waals surface area contributed by atoms with Gasteiger partial charge in [0.1, 0.15) is 5.82 Å². The number of aromatic nitrogens is 4. The lowest BCUT2D eigenvalue weighted by Gasteiger charge is -2.14. The highest BCUT2D eigenvalue weighted by atomic mass is 32.2. The highest BCUT2D eigenvalue weighted by Gasteiger charge is 2.31. The average molecular weight is 399 g/mol. The third-order valence-electron chi connectivity index (χ3n) is 4.99. The number of sulfone groups is 1. The van der Waals surface area contributed by atoms with Crippen molar-refractivity contribution < 1.29 is 13.2 Å². The molecule has 1 N–H and O–H groups in total. The van der Waals surface area contributed by atoms with Crippen molar-refractivity contribution in [1.82, 2.24) is 19.7 Å². The number of aryl methyl sites for hydroxylation is 3. The van der Waals surface area contributed by atoms with Gasteiger partial charge in [0, 0.05) is 11.6 Å². The van der Waals surface area contributed by atoms with Gasteiger partial charge in [0.25, 0.3) is 5.91 Å². The number of carbonyl (C=O) groups is 1. The van der Waals surface area contributed by atoms with Crippen molar-refractivity contribution in [1.29, 1.82) is 0 Å². The Kier molecular flexibility index (Phi) is 4.41. The van der Waals surface area contributed by atoms with Gasteiger partial charge in [0.05, 0.1) is 45.7 Å². The maximum absolute atomic E-state index is 12.8. The topological polar surface area (TPSA) is 107 Å². The molecule has 9 heteroatoms. The van der Waals surface area contributed by atoms with Gasteiger partial charge in [-0.05, 0) is 45.4 Å². The molecule has 1 saturated heterocycles. The molecule has 2 aromatic heterocycles. The first-order valence-electron chi connectivity index (χ1n) is 9.05. The molecule has 1 atom stereocenters. The van der Waals surface area contributed by atoms with Crippen LogP contribution < -0.4 is 5.32 Å². The molecule has 3 heterocycles. The quantitative estimate of drug-likeness (QED) is 0.725. The molecule has 28 heavy (non-hydrogen) atoms. The van der Waals surface area contributed by atoms with E-state index in [1.807, 2.05) is 20.8 Å². The second-order valence-electron chi connectivity index (χ2n) is 7.22. The Morgan fingerprint density at radius 3 is 2.50 bits per heavy atom. The second-order valence-corrected chi connectivity index (χ2v) is 9.45. The number of fused-ring (bicyclic) bond motifs is 1. The van der Waals surface area contributed by atoms with E-state index in [-0.39, 0.29) is 23.5 Å². The first kappa shape index (κ1) is 18.5. The molecule has 0 aliphatic carbocycles. The predicted molar refractivity (Wildman–Crippen MR) is 106 cm³/mol. The van der Waals surface area contributed by atoms with Crippen LogP contribution in [0.2, 0.25) is 0 Å². The fraction of sp³-hybridized carbons (Fsp3) is 0.368. The number of amides is 1. The number of benzene rings is 1. The summed E-state index contributed by atoms with van der Waals surface area (Å²) in [6.45, 7) is 5.59. The number of hydrogen-bond acceptors (Lipinski definition) is 6. The zero-order valence-electron chi connectivity index (χ0n) is 15.9. The van der Waals surface area contributed by atoms with Gasteiger partial charge in [-0.25, -0.2) is 23.1 Å². The summed E-state index contributed by atoms with van der Waals surface area (Å²) < 4.78 is 25.2. The Morgan fingerprint density at radius 2 is 1.82 bits per heavy atom. The average Bonchev–Trinajstić information content (AvgIpc) is 3.17. The minimum absolute atomic E-state index is 0.0428. The van der Waals surface area contributed by atoms with E-state index in [0.717, 1.165) is 22.6 Å². The monoisotopic (exact) mass is 399 g/mol. The van der Waals surface area contributed by atoms with Crippen LogP contribution in [0.25, 0.3) is 11.0 Å². The summed E-state index contributed by atoms with van der Waals surface area (Å²) in [5, 5.41) is 7.25. The fourth-order valence-corrected chi connectivity index (χ4v) is 5.11. The molecule has 4 rings (SSSR count). The normalized spacial score (nSPS) is 18.5. The molecule has 0 radical (unpaired) electrons. The summed E-state index contributed by atoms with van der Waals surface area (Å²) in [6.07, 6.45) is 0.497. The standard InChI is InChI=1S/C19H21N5O3S/c1-11-8-18(24(23-11)15-6-7-28(26,27)10-15)22-19(25)14-4-5-16-17(9-14)21-13(3)12(2)20-16/h4-5,8-9,15H,6-7,10H2,1-3H3,(H,22,25)/t15-/m0/s1. The first-order valence-corrected chi connectivity index (χ1v) is 10.9. The number of hydrogen-bond donors (Lipinski definition) is 1. The Bertz CT molecular complexity index is 1200. The second kappa shape index (κ2) is 6.66. The Hall–Kier alpha value is -2.81. The van der Waals surface area contributed by atoms with Crippen LogP contribution in [0.15, 0.2) is 24.3 Å². The SMILES string of the molecule is Cc1cc(NC(=O)c2ccc3nc(C)c(C)nc3c2)n([C@H]2CCS(=O)(=O)C2)n1. The maximum Gasteiger partial charge on any atom is 0.256 e. The van der Waals surface area contributed by atoms with Crippen LogP contribution in [0.3, 0.4) is 0 Å². The van der Waals surface area contributed by atoms with E-state index in [9.17, 15) is 13.2 Å². The highest BCUT2D eigenvalue weighted by molar-refractivity contribution is 7.91. The molecule has 1 aliphatic rings. The minimum atomic E-state index is -3.05. The van der Waals surface area contributed by atoms with E-state index in [4.69, 9.17) is 0 Å². The number of anilines is 1. The lowest BCUT2D eigenvalue weighted by atomic mass is 10.1. The van der Waals surface area contributed by atoms with Crippen molar-refractivity contribution in [2.75, 3.05) is 16.8 Å². The maximum atomic E-state index is 12.8. The molecule has 0 spiro atoms. The summed E-state index contributed by atoms with van der Waals surface area (Å²) in [5.74, 6) is 0.382. The lowest BCUT2D eigenvalue weighted by molar-refractivity contribution is 0.102. The Labute approximate surface area is 162 Å². The van der Waals surface area contributed by atoms with Gasteiger partial charge in [-0.2, -0.15) is 5.10 Å². The van der Waals surface area contributed by atoms with Crippen molar-refractivity contribution in [2.45, 2.75) is 33.2 Å². The number of rotatable bonds is 3. The van der Waals surface area contributed by atoms with Crippen molar-refractivity contribution in [2.24, 2.45) is 0 Å². The molecular weight excluding hydrogens is 378 g/mol. The molecule has 1 aliphatic heterocycles. The minimum Gasteiger partial charge on any atom is -0.307 e. The van der Waals surface area contributed by atoms with E-state index in [1.54, 1.807) is 28.9 Å². The van der Waals surface area contributed by atoms with Gasteiger partial charge in [0.2, 0.25) is 0 Å². The summed E-state index contributed by atoms with van der Waals surface area (Å²) in [7, 11) is -3.05. The van der Waals surface area contributed by atoms with Gasteiger partial charge in [-0.15, -0.1) is 0 Å². The molecule has 1 amide bonds. The lowest BCUT2D eigenvalue weighted by Crippen LogP contribution is -2.19. The number of carbonyl (C=O) groups excluding carboxylic acids is 1. The zero-order chi connectivity index (χ0) is 20.1. The molecule has 146 valence electrons. The van der Waals surface area contributed by atoms with Crippen LogP contribution in [0.1, 0.15) is 39.9 Å².